The molecule has 0 fully saturated rings. The summed E-state index contributed by atoms with van der Waals surface area (Å²) in [7, 11) is 4.49. The number of rotatable bonds is 12. The van der Waals surface area contributed by atoms with Crippen molar-refractivity contribution in [2.24, 2.45) is 5.41 Å². The number of ether oxygens (including phenoxy) is 2. The second-order valence-electron chi connectivity index (χ2n) is 13.3. The molecule has 0 unspecified atom stereocenters. The second kappa shape index (κ2) is 18.7. The number of quaternary nitrogens is 1. The second-order valence-corrected chi connectivity index (χ2v) is 13.3. The molecule has 3 rings (SSSR count). The van der Waals surface area contributed by atoms with Crippen LogP contribution in [0.5, 0.6) is 11.5 Å². The molecule has 0 radical (unpaired) electrons. The molecule has 7 nitrogen and oxygen atoms in total. The van der Waals surface area contributed by atoms with E-state index in [4.69, 9.17) is 9.47 Å². The summed E-state index contributed by atoms with van der Waals surface area (Å²) in [6.07, 6.45) is 1.15. The molecule has 0 atom stereocenters. The first kappa shape index (κ1) is 41.9. The number of halogens is 1. The van der Waals surface area contributed by atoms with Crippen LogP contribution in [0.25, 0.3) is 0 Å². The molecule has 9 heteroatoms. The maximum absolute atomic E-state index is 11.0. The van der Waals surface area contributed by atoms with Crippen LogP contribution in [0.15, 0.2) is 69.9 Å². The summed E-state index contributed by atoms with van der Waals surface area (Å²) >= 11 is 0. The SMILES string of the molecule is CC(=O)c1c([O-])cc(C)oc1=O.CC(C)(C)CC(C)(C)c1ccc(OCCOCC[N+](C)(C)Cc2ccccc2)cc1.[Cl-].[Na+]. The average Bonchev–Trinajstić information content (AvgIpc) is 2.85. The van der Waals surface area contributed by atoms with E-state index in [1.54, 1.807) is 0 Å². The van der Waals surface area contributed by atoms with Gasteiger partial charge in [-0.2, -0.15) is 0 Å². The van der Waals surface area contributed by atoms with Gasteiger partial charge in [-0.15, -0.1) is 0 Å². The number of ketones is 1. The van der Waals surface area contributed by atoms with Gasteiger partial charge in [0.1, 0.15) is 31.2 Å². The first-order valence-corrected chi connectivity index (χ1v) is 14.5. The molecule has 0 saturated heterocycles. The van der Waals surface area contributed by atoms with E-state index < -0.39 is 22.7 Å². The molecule has 0 aliphatic carbocycles. The van der Waals surface area contributed by atoms with Crippen LogP contribution in [0.2, 0.25) is 0 Å². The van der Waals surface area contributed by atoms with E-state index in [9.17, 15) is 14.7 Å². The Balaban J connectivity index is 0.00000111. The first-order chi connectivity index (χ1) is 19.5. The van der Waals surface area contributed by atoms with Crippen LogP contribution in [0.4, 0.5) is 0 Å². The van der Waals surface area contributed by atoms with Crippen molar-refractivity contribution in [1.82, 2.24) is 0 Å². The molecule has 0 aliphatic rings. The summed E-state index contributed by atoms with van der Waals surface area (Å²) < 4.78 is 17.2. The number of benzene rings is 2. The van der Waals surface area contributed by atoms with Crippen LogP contribution >= 0.6 is 0 Å². The van der Waals surface area contributed by atoms with Crippen molar-refractivity contribution >= 4 is 5.78 Å². The molecule has 0 bridgehead atoms. The summed E-state index contributed by atoms with van der Waals surface area (Å²) in [5, 5.41) is 11.0. The number of aryl methyl sites for hydroxylation is 1. The van der Waals surface area contributed by atoms with Crippen molar-refractivity contribution in [3.05, 3.63) is 93.5 Å². The van der Waals surface area contributed by atoms with Gasteiger partial charge in [0.15, 0.2) is 5.78 Å². The number of carbonyl (C=O) groups is 1. The van der Waals surface area contributed by atoms with Gasteiger partial charge >= 0.3 is 35.2 Å². The van der Waals surface area contributed by atoms with Gasteiger partial charge < -0.3 is 35.9 Å². The zero-order chi connectivity index (χ0) is 31.6. The van der Waals surface area contributed by atoms with Crippen LogP contribution in [-0.4, -0.2) is 50.7 Å². The maximum atomic E-state index is 11.0. The molecule has 2 aromatic carbocycles. The fraction of sp³-hybridized carbons (Fsp3) is 0.486. The van der Waals surface area contributed by atoms with Crippen LogP contribution in [0, 0.1) is 12.3 Å². The van der Waals surface area contributed by atoms with Gasteiger partial charge in [-0.25, -0.2) is 4.79 Å². The largest absolute Gasteiger partial charge is 1.00 e. The Kier molecular flexibility index (Phi) is 17.8. The molecular formula is C35H49ClNNaO6. The van der Waals surface area contributed by atoms with E-state index in [0.29, 0.717) is 18.6 Å². The number of hydrogen-bond acceptors (Lipinski definition) is 6. The Hall–Kier alpha value is -2.13. The van der Waals surface area contributed by atoms with E-state index in [-0.39, 0.29) is 53.1 Å². The van der Waals surface area contributed by atoms with E-state index >= 15 is 0 Å². The topological polar surface area (TPSA) is 88.8 Å². The predicted octanol–water partition coefficient (Wildman–Crippen LogP) is 0.305. The third-order valence-electron chi connectivity index (χ3n) is 6.79. The molecule has 0 saturated carbocycles. The normalized spacial score (nSPS) is 11.4. The Bertz CT molecular complexity index is 1330. The Labute approximate surface area is 292 Å². The third-order valence-corrected chi connectivity index (χ3v) is 6.79. The molecule has 0 amide bonds. The van der Waals surface area contributed by atoms with E-state index in [0.717, 1.165) is 49.3 Å². The number of nitrogens with zero attached hydrogens (tertiary/aromatic N) is 1. The zero-order valence-corrected chi connectivity index (χ0v) is 31.0. The fourth-order valence-electron chi connectivity index (χ4n) is 5.12. The minimum atomic E-state index is -0.854. The molecule has 44 heavy (non-hydrogen) atoms. The van der Waals surface area contributed by atoms with Gasteiger partial charge in [-0.3, -0.25) is 4.79 Å². The summed E-state index contributed by atoms with van der Waals surface area (Å²) in [5.41, 5.74) is 1.93. The van der Waals surface area contributed by atoms with Crippen LogP contribution in [0.1, 0.15) is 75.2 Å². The van der Waals surface area contributed by atoms with Crippen molar-refractivity contribution in [3.63, 3.8) is 0 Å². The van der Waals surface area contributed by atoms with Crippen molar-refractivity contribution in [2.45, 2.75) is 66.8 Å². The summed E-state index contributed by atoms with van der Waals surface area (Å²) in [6.45, 7) is 18.1. The van der Waals surface area contributed by atoms with Crippen LogP contribution in [0.3, 0.4) is 0 Å². The molecule has 238 valence electrons. The third kappa shape index (κ3) is 15.2. The van der Waals surface area contributed by atoms with Gasteiger partial charge in [-0.1, -0.05) is 82.8 Å². The quantitative estimate of drug-likeness (QED) is 0.123. The fourth-order valence-corrected chi connectivity index (χ4v) is 5.12. The van der Waals surface area contributed by atoms with E-state index in [2.05, 4.69) is 108 Å². The van der Waals surface area contributed by atoms with Crippen LogP contribution < -0.4 is 57.4 Å². The van der Waals surface area contributed by atoms with Crippen molar-refractivity contribution in [3.8, 4) is 11.5 Å². The molecular weight excluding hydrogens is 589 g/mol. The van der Waals surface area contributed by atoms with E-state index in [1.165, 1.54) is 18.1 Å². The Morgan fingerprint density at radius 1 is 0.932 bits per heavy atom. The standard InChI is InChI=1S/C27H42NO2.C8H8O4.ClH.Na/c1-26(2,3)22-27(4,5)24-13-15-25(16-14-24)30-20-19-29-18-17-28(6,7)21-23-11-9-8-10-12-23;1-4-3-6(10)7(5(2)9)8(11)12-4;;/h8-16H,17-22H2,1-7H3;3,10H,1-2H3;1H;/q+1;;;+1/p-2. The van der Waals surface area contributed by atoms with Crippen molar-refractivity contribution in [1.29, 1.82) is 0 Å². The minimum absolute atomic E-state index is 0. The molecule has 1 aromatic heterocycles. The number of carbonyl (C=O) groups excluding carboxylic acids is 1. The summed E-state index contributed by atoms with van der Waals surface area (Å²) in [4.78, 5) is 21.7. The summed E-state index contributed by atoms with van der Waals surface area (Å²) in [5.74, 6) is -0.00547. The van der Waals surface area contributed by atoms with Gasteiger partial charge in [0.2, 0.25) is 0 Å². The number of hydrogen-bond donors (Lipinski definition) is 0. The summed E-state index contributed by atoms with van der Waals surface area (Å²) in [6, 6.07) is 20.3. The maximum Gasteiger partial charge on any atom is 1.00 e. The number of Topliss-reactive ketones (excluding diaryl/α,β-unsaturated/α-hetero) is 1. The van der Waals surface area contributed by atoms with E-state index in [1.807, 2.05) is 0 Å². The van der Waals surface area contributed by atoms with Crippen molar-refractivity contribution in [2.75, 3.05) is 40.5 Å². The van der Waals surface area contributed by atoms with Gasteiger partial charge in [0.25, 0.3) is 0 Å². The first-order valence-electron chi connectivity index (χ1n) is 14.5. The average molecular weight is 638 g/mol. The number of likely N-dealkylation sites (N-methyl/N-ethyl adjacent to an activating group) is 1. The molecule has 0 aliphatic heterocycles. The smallest absolute Gasteiger partial charge is 1.00 e. The predicted molar refractivity (Wildman–Crippen MR) is 166 cm³/mol. The Morgan fingerprint density at radius 3 is 2.05 bits per heavy atom. The molecule has 0 spiro atoms. The monoisotopic (exact) mass is 637 g/mol. The van der Waals surface area contributed by atoms with Gasteiger partial charge in [0, 0.05) is 5.56 Å². The molecule has 0 N–H and O–H groups in total. The van der Waals surface area contributed by atoms with Crippen LogP contribution in [-0.2, 0) is 16.7 Å². The Morgan fingerprint density at radius 2 is 1.52 bits per heavy atom. The van der Waals surface area contributed by atoms with Gasteiger partial charge in [-0.05, 0) is 54.9 Å². The zero-order valence-electron chi connectivity index (χ0n) is 28.3. The van der Waals surface area contributed by atoms with Gasteiger partial charge in [0.05, 0.1) is 32.9 Å². The van der Waals surface area contributed by atoms with Crippen molar-refractivity contribution < 1.29 is 70.2 Å². The minimum Gasteiger partial charge on any atom is -1.00 e. The molecule has 1 heterocycles. The molecule has 3 aromatic rings.